The molecule has 1 saturated carbocycles. The van der Waals surface area contributed by atoms with Crippen LogP contribution >= 0.6 is 0 Å². The van der Waals surface area contributed by atoms with Crippen LogP contribution in [0.4, 0.5) is 4.39 Å². The average molecular weight is 218 g/mol. The lowest BCUT2D eigenvalue weighted by Crippen LogP contribution is -2.15. The van der Waals surface area contributed by atoms with E-state index in [-0.39, 0.29) is 5.82 Å². The number of halogens is 1. The zero-order valence-electron chi connectivity index (χ0n) is 9.31. The molecule has 16 heavy (non-hydrogen) atoms. The minimum Gasteiger partial charge on any atom is -0.356 e. The number of fused-ring (bicyclic) bond motifs is 1. The smallest absolute Gasteiger partial charge is 0.147 e. The zero-order chi connectivity index (χ0) is 11.1. The Morgan fingerprint density at radius 3 is 3.00 bits per heavy atom. The quantitative estimate of drug-likeness (QED) is 0.814. The molecule has 0 unspecified atom stereocenters. The van der Waals surface area contributed by atoms with Gasteiger partial charge in [-0.1, -0.05) is 12.1 Å². The molecule has 1 aliphatic carbocycles. The molecule has 2 aromatic rings. The number of aryl methyl sites for hydroxylation is 1. The Kier molecular flexibility index (Phi) is 2.21. The minimum atomic E-state index is -0.168. The maximum atomic E-state index is 13.5. The van der Waals surface area contributed by atoms with Crippen LogP contribution in [0.5, 0.6) is 0 Å². The van der Waals surface area contributed by atoms with Crippen molar-refractivity contribution in [1.82, 2.24) is 10.3 Å². The second-order valence-corrected chi connectivity index (χ2v) is 4.55. The number of benzene rings is 1. The van der Waals surface area contributed by atoms with E-state index in [4.69, 9.17) is 0 Å². The summed E-state index contributed by atoms with van der Waals surface area (Å²) in [5.41, 5.74) is 2.89. The lowest BCUT2D eigenvalue weighted by atomic mass is 10.1. The molecule has 0 aliphatic heterocycles. The number of aromatic amines is 1. The first-order valence-corrected chi connectivity index (χ1v) is 5.75. The Balaban J connectivity index is 2.00. The van der Waals surface area contributed by atoms with E-state index in [1.807, 2.05) is 13.0 Å². The van der Waals surface area contributed by atoms with Gasteiger partial charge in [-0.3, -0.25) is 0 Å². The predicted molar refractivity (Wildman–Crippen MR) is 62.9 cm³/mol. The van der Waals surface area contributed by atoms with E-state index in [9.17, 15) is 4.39 Å². The second kappa shape index (κ2) is 3.59. The van der Waals surface area contributed by atoms with Crippen molar-refractivity contribution in [2.24, 2.45) is 0 Å². The molecule has 1 aliphatic rings. The van der Waals surface area contributed by atoms with Crippen molar-refractivity contribution in [1.29, 1.82) is 0 Å². The largest absolute Gasteiger partial charge is 0.356 e. The van der Waals surface area contributed by atoms with Crippen LogP contribution in [0, 0.1) is 12.7 Å². The van der Waals surface area contributed by atoms with Gasteiger partial charge in [-0.2, -0.15) is 0 Å². The van der Waals surface area contributed by atoms with Gasteiger partial charge in [-0.05, 0) is 31.4 Å². The maximum Gasteiger partial charge on any atom is 0.147 e. The summed E-state index contributed by atoms with van der Waals surface area (Å²) in [6.07, 6.45) is 2.55. The molecule has 1 fully saturated rings. The zero-order valence-corrected chi connectivity index (χ0v) is 9.31. The Morgan fingerprint density at radius 2 is 2.25 bits per heavy atom. The Morgan fingerprint density at radius 1 is 1.44 bits per heavy atom. The van der Waals surface area contributed by atoms with E-state index < -0.39 is 0 Å². The standard InChI is InChI=1S/C13H15FN2/c1-8-11(7-15-9-5-6-9)10-3-2-4-12(14)13(10)16-8/h2-4,9,15-16H,5-7H2,1H3. The van der Waals surface area contributed by atoms with Crippen LogP contribution in [-0.2, 0) is 6.54 Å². The Bertz CT molecular complexity index is 526. The molecule has 2 nitrogen and oxygen atoms in total. The molecule has 0 bridgehead atoms. The van der Waals surface area contributed by atoms with Crippen molar-refractivity contribution in [2.75, 3.05) is 0 Å². The number of rotatable bonds is 3. The summed E-state index contributed by atoms with van der Waals surface area (Å²) >= 11 is 0. The first-order chi connectivity index (χ1) is 7.75. The lowest BCUT2D eigenvalue weighted by molar-refractivity contribution is 0.637. The Labute approximate surface area is 93.9 Å². The van der Waals surface area contributed by atoms with Crippen LogP contribution in [-0.4, -0.2) is 11.0 Å². The second-order valence-electron chi connectivity index (χ2n) is 4.55. The number of H-pyrrole nitrogens is 1. The van der Waals surface area contributed by atoms with E-state index in [0.29, 0.717) is 11.6 Å². The highest BCUT2D eigenvalue weighted by molar-refractivity contribution is 5.85. The number of nitrogens with one attached hydrogen (secondary N) is 2. The molecule has 0 atom stereocenters. The summed E-state index contributed by atoms with van der Waals surface area (Å²) < 4.78 is 13.5. The van der Waals surface area contributed by atoms with Gasteiger partial charge in [-0.15, -0.1) is 0 Å². The number of aromatic nitrogens is 1. The third-order valence-electron chi connectivity index (χ3n) is 3.25. The summed E-state index contributed by atoms with van der Waals surface area (Å²) in [5.74, 6) is -0.168. The van der Waals surface area contributed by atoms with Gasteiger partial charge in [0.1, 0.15) is 5.82 Å². The van der Waals surface area contributed by atoms with Crippen LogP contribution in [0.25, 0.3) is 10.9 Å². The molecule has 0 amide bonds. The van der Waals surface area contributed by atoms with Gasteiger partial charge in [0.25, 0.3) is 0 Å². The fourth-order valence-electron chi connectivity index (χ4n) is 2.13. The van der Waals surface area contributed by atoms with Crippen LogP contribution in [0.2, 0.25) is 0 Å². The van der Waals surface area contributed by atoms with E-state index in [1.165, 1.54) is 24.5 Å². The first kappa shape index (κ1) is 9.85. The van der Waals surface area contributed by atoms with Gasteiger partial charge in [0, 0.05) is 23.7 Å². The van der Waals surface area contributed by atoms with E-state index in [2.05, 4.69) is 10.3 Å². The fourth-order valence-corrected chi connectivity index (χ4v) is 2.13. The van der Waals surface area contributed by atoms with Gasteiger partial charge >= 0.3 is 0 Å². The summed E-state index contributed by atoms with van der Waals surface area (Å²) in [5, 5.41) is 4.47. The molecule has 0 saturated heterocycles. The maximum absolute atomic E-state index is 13.5. The molecule has 1 aromatic heterocycles. The van der Waals surface area contributed by atoms with E-state index >= 15 is 0 Å². The van der Waals surface area contributed by atoms with Gasteiger partial charge in [0.2, 0.25) is 0 Å². The van der Waals surface area contributed by atoms with Crippen molar-refractivity contribution >= 4 is 10.9 Å². The van der Waals surface area contributed by atoms with Gasteiger partial charge in [0.15, 0.2) is 0 Å². The van der Waals surface area contributed by atoms with Crippen molar-refractivity contribution < 1.29 is 4.39 Å². The highest BCUT2D eigenvalue weighted by atomic mass is 19.1. The molecule has 1 aromatic carbocycles. The van der Waals surface area contributed by atoms with Crippen LogP contribution in [0.15, 0.2) is 18.2 Å². The van der Waals surface area contributed by atoms with Gasteiger partial charge < -0.3 is 10.3 Å². The average Bonchev–Trinajstić information content (AvgIpc) is 3.02. The summed E-state index contributed by atoms with van der Waals surface area (Å²) in [6.45, 7) is 2.84. The lowest BCUT2D eigenvalue weighted by Gasteiger charge is -2.02. The van der Waals surface area contributed by atoms with Crippen molar-refractivity contribution in [3.8, 4) is 0 Å². The molecular formula is C13H15FN2. The third-order valence-corrected chi connectivity index (χ3v) is 3.25. The molecule has 0 radical (unpaired) electrons. The molecule has 2 N–H and O–H groups in total. The minimum absolute atomic E-state index is 0.168. The fraction of sp³-hybridized carbons (Fsp3) is 0.385. The van der Waals surface area contributed by atoms with E-state index in [0.717, 1.165) is 17.6 Å². The van der Waals surface area contributed by atoms with Gasteiger partial charge in [0.05, 0.1) is 5.52 Å². The number of para-hydroxylation sites is 1. The molecular weight excluding hydrogens is 203 g/mol. The highest BCUT2D eigenvalue weighted by Gasteiger charge is 2.21. The highest BCUT2D eigenvalue weighted by Crippen LogP contribution is 2.26. The topological polar surface area (TPSA) is 27.8 Å². The first-order valence-electron chi connectivity index (χ1n) is 5.75. The molecule has 1 heterocycles. The van der Waals surface area contributed by atoms with E-state index in [1.54, 1.807) is 6.07 Å². The van der Waals surface area contributed by atoms with Crippen molar-refractivity contribution in [3.05, 3.63) is 35.3 Å². The summed E-state index contributed by atoms with van der Waals surface area (Å²) in [6, 6.07) is 5.92. The normalized spacial score (nSPS) is 15.9. The van der Waals surface area contributed by atoms with Crippen LogP contribution in [0.3, 0.4) is 0 Å². The number of hydrogen-bond donors (Lipinski definition) is 2. The third kappa shape index (κ3) is 1.61. The number of hydrogen-bond acceptors (Lipinski definition) is 1. The SMILES string of the molecule is Cc1[nH]c2c(F)cccc2c1CNC1CC1. The summed E-state index contributed by atoms with van der Waals surface area (Å²) in [7, 11) is 0. The van der Waals surface area contributed by atoms with Crippen molar-refractivity contribution in [3.63, 3.8) is 0 Å². The molecule has 0 spiro atoms. The van der Waals surface area contributed by atoms with Crippen molar-refractivity contribution in [2.45, 2.75) is 32.4 Å². The monoisotopic (exact) mass is 218 g/mol. The molecule has 3 heteroatoms. The van der Waals surface area contributed by atoms with Crippen LogP contribution < -0.4 is 5.32 Å². The molecule has 84 valence electrons. The van der Waals surface area contributed by atoms with Gasteiger partial charge in [-0.25, -0.2) is 4.39 Å². The van der Waals surface area contributed by atoms with Crippen LogP contribution in [0.1, 0.15) is 24.1 Å². The predicted octanol–water partition coefficient (Wildman–Crippen LogP) is 2.87. The molecule has 3 rings (SSSR count). The Hall–Kier alpha value is -1.35. The summed E-state index contributed by atoms with van der Waals surface area (Å²) in [4.78, 5) is 3.12.